The summed E-state index contributed by atoms with van der Waals surface area (Å²) in [5, 5.41) is 11.9. The van der Waals surface area contributed by atoms with Gasteiger partial charge >= 0.3 is 6.09 Å². The number of phenolic OH excluding ortho intramolecular Hbond substituents is 1. The van der Waals surface area contributed by atoms with Gasteiger partial charge in [0.25, 0.3) is 0 Å². The topological polar surface area (TPSA) is 75.6 Å². The maximum absolute atomic E-state index is 11.5. The number of rotatable bonds is 4. The standard InChI is InChI=1S/C18H15NO4/c20-12-16-11-14(8-9-17(16)21)7-4-10-19-18(22)23-13-15-5-2-1-3-6-15/h1-3,5-6,8-9,11-12,21H,10,13H2,(H,19,22). The van der Waals surface area contributed by atoms with Gasteiger partial charge in [0.05, 0.1) is 12.1 Å². The number of amides is 1. The Labute approximate surface area is 133 Å². The molecule has 2 N–H and O–H groups in total. The van der Waals surface area contributed by atoms with E-state index in [1.54, 1.807) is 6.07 Å². The Morgan fingerprint density at radius 2 is 2.00 bits per heavy atom. The zero-order valence-corrected chi connectivity index (χ0v) is 12.3. The van der Waals surface area contributed by atoms with Crippen LogP contribution >= 0.6 is 0 Å². The van der Waals surface area contributed by atoms with Crippen molar-refractivity contribution in [2.24, 2.45) is 0 Å². The van der Waals surface area contributed by atoms with Gasteiger partial charge in [-0.05, 0) is 23.8 Å². The molecule has 0 aliphatic carbocycles. The van der Waals surface area contributed by atoms with Crippen molar-refractivity contribution in [3.05, 3.63) is 65.2 Å². The van der Waals surface area contributed by atoms with Gasteiger partial charge in [0.15, 0.2) is 6.29 Å². The lowest BCUT2D eigenvalue weighted by molar-refractivity contribution is 0.112. The molecule has 0 saturated heterocycles. The van der Waals surface area contributed by atoms with Crippen LogP contribution in [0.3, 0.4) is 0 Å². The summed E-state index contributed by atoms with van der Waals surface area (Å²) in [6.07, 6.45) is 0.00197. The number of phenols is 1. The molecule has 0 spiro atoms. The first-order valence-electron chi connectivity index (χ1n) is 6.90. The van der Waals surface area contributed by atoms with Crippen LogP contribution in [0.25, 0.3) is 0 Å². The Bertz CT molecular complexity index is 745. The van der Waals surface area contributed by atoms with E-state index in [4.69, 9.17) is 4.74 Å². The average molecular weight is 309 g/mol. The van der Waals surface area contributed by atoms with E-state index < -0.39 is 6.09 Å². The van der Waals surface area contributed by atoms with Crippen molar-refractivity contribution in [2.75, 3.05) is 6.54 Å². The van der Waals surface area contributed by atoms with Gasteiger partial charge in [0.1, 0.15) is 12.4 Å². The summed E-state index contributed by atoms with van der Waals surface area (Å²) >= 11 is 0. The molecule has 5 nitrogen and oxygen atoms in total. The Morgan fingerprint density at radius 1 is 1.22 bits per heavy atom. The summed E-state index contributed by atoms with van der Waals surface area (Å²) in [5.41, 5.74) is 1.65. The van der Waals surface area contributed by atoms with Crippen LogP contribution in [0.15, 0.2) is 48.5 Å². The van der Waals surface area contributed by atoms with Crippen molar-refractivity contribution in [1.29, 1.82) is 0 Å². The smallest absolute Gasteiger partial charge is 0.408 e. The molecule has 0 aliphatic rings. The summed E-state index contributed by atoms with van der Waals surface area (Å²) in [5.74, 6) is 5.44. The highest BCUT2D eigenvalue weighted by atomic mass is 16.5. The summed E-state index contributed by atoms with van der Waals surface area (Å²) in [7, 11) is 0. The molecule has 23 heavy (non-hydrogen) atoms. The van der Waals surface area contributed by atoms with Crippen molar-refractivity contribution in [1.82, 2.24) is 5.32 Å². The van der Waals surface area contributed by atoms with Crippen LogP contribution in [0.5, 0.6) is 5.75 Å². The lowest BCUT2D eigenvalue weighted by atomic mass is 10.1. The highest BCUT2D eigenvalue weighted by Crippen LogP contribution is 2.15. The SMILES string of the molecule is O=Cc1cc(C#CCNC(=O)OCc2ccccc2)ccc1O. The number of carbonyl (C=O) groups is 2. The number of hydrogen-bond donors (Lipinski definition) is 2. The molecule has 0 fully saturated rings. The fourth-order valence-electron chi connectivity index (χ4n) is 1.76. The molecule has 0 heterocycles. The van der Waals surface area contributed by atoms with Crippen LogP contribution in [0.2, 0.25) is 0 Å². The lowest BCUT2D eigenvalue weighted by Gasteiger charge is -2.04. The second-order valence-electron chi connectivity index (χ2n) is 4.61. The summed E-state index contributed by atoms with van der Waals surface area (Å²) in [6.45, 7) is 0.311. The molecule has 1 amide bonds. The van der Waals surface area contributed by atoms with E-state index in [9.17, 15) is 14.7 Å². The van der Waals surface area contributed by atoms with Crippen molar-refractivity contribution < 1.29 is 19.4 Å². The molecule has 0 saturated carbocycles. The molecule has 116 valence electrons. The third-order valence-corrected chi connectivity index (χ3v) is 2.92. The quantitative estimate of drug-likeness (QED) is 0.672. The second kappa shape index (κ2) is 8.25. The van der Waals surface area contributed by atoms with Crippen molar-refractivity contribution in [2.45, 2.75) is 6.61 Å². The van der Waals surface area contributed by atoms with E-state index in [2.05, 4.69) is 17.2 Å². The molecule has 0 aromatic heterocycles. The van der Waals surface area contributed by atoms with E-state index in [0.717, 1.165) is 5.56 Å². The Balaban J connectivity index is 1.79. The third kappa shape index (κ3) is 5.21. The number of benzene rings is 2. The van der Waals surface area contributed by atoms with Crippen LogP contribution < -0.4 is 5.32 Å². The number of ether oxygens (including phenoxy) is 1. The second-order valence-corrected chi connectivity index (χ2v) is 4.61. The molecule has 2 aromatic carbocycles. The van der Waals surface area contributed by atoms with Crippen molar-refractivity contribution >= 4 is 12.4 Å². The molecule has 0 radical (unpaired) electrons. The van der Waals surface area contributed by atoms with Gasteiger partial charge in [-0.1, -0.05) is 42.2 Å². The molecule has 2 rings (SSSR count). The first kappa shape index (κ1) is 16.1. The molecule has 0 bridgehead atoms. The molecular formula is C18H15NO4. The monoisotopic (exact) mass is 309 g/mol. The first-order valence-corrected chi connectivity index (χ1v) is 6.90. The van der Waals surface area contributed by atoms with E-state index in [-0.39, 0.29) is 24.5 Å². The van der Waals surface area contributed by atoms with Crippen LogP contribution in [-0.4, -0.2) is 24.0 Å². The fraction of sp³-hybridized carbons (Fsp3) is 0.111. The van der Waals surface area contributed by atoms with E-state index in [1.165, 1.54) is 12.1 Å². The lowest BCUT2D eigenvalue weighted by Crippen LogP contribution is -2.24. The number of nitrogens with one attached hydrogen (secondary N) is 1. The van der Waals surface area contributed by atoms with Gasteiger partial charge < -0.3 is 15.2 Å². The average Bonchev–Trinajstić information content (AvgIpc) is 2.59. The summed E-state index contributed by atoms with van der Waals surface area (Å²) in [6, 6.07) is 13.8. The highest BCUT2D eigenvalue weighted by molar-refractivity contribution is 5.79. The maximum Gasteiger partial charge on any atom is 0.408 e. The fourth-order valence-corrected chi connectivity index (χ4v) is 1.76. The molecule has 2 aromatic rings. The highest BCUT2D eigenvalue weighted by Gasteiger charge is 2.01. The Hall–Kier alpha value is -3.26. The van der Waals surface area contributed by atoms with Gasteiger partial charge in [-0.3, -0.25) is 4.79 Å². The van der Waals surface area contributed by atoms with Gasteiger partial charge in [0.2, 0.25) is 0 Å². The number of hydrogen-bond acceptors (Lipinski definition) is 4. The van der Waals surface area contributed by atoms with Crippen LogP contribution in [0, 0.1) is 11.8 Å². The number of aldehydes is 1. The Morgan fingerprint density at radius 3 is 2.74 bits per heavy atom. The van der Waals surface area contributed by atoms with Crippen molar-refractivity contribution in [3.63, 3.8) is 0 Å². The number of aromatic hydroxyl groups is 1. The van der Waals surface area contributed by atoms with Gasteiger partial charge in [-0.25, -0.2) is 4.79 Å². The zero-order chi connectivity index (χ0) is 16.5. The third-order valence-electron chi connectivity index (χ3n) is 2.92. The normalized spacial score (nSPS) is 9.39. The summed E-state index contributed by atoms with van der Waals surface area (Å²) in [4.78, 5) is 22.2. The van der Waals surface area contributed by atoms with Crippen LogP contribution in [-0.2, 0) is 11.3 Å². The minimum Gasteiger partial charge on any atom is -0.507 e. The number of alkyl carbamates (subject to hydrolysis) is 1. The molecule has 0 atom stereocenters. The van der Waals surface area contributed by atoms with Gasteiger partial charge in [-0.15, -0.1) is 0 Å². The minimum atomic E-state index is -0.553. The first-order chi connectivity index (χ1) is 11.2. The van der Waals surface area contributed by atoms with E-state index in [1.807, 2.05) is 30.3 Å². The molecular weight excluding hydrogens is 294 g/mol. The largest absolute Gasteiger partial charge is 0.507 e. The zero-order valence-electron chi connectivity index (χ0n) is 12.3. The summed E-state index contributed by atoms with van der Waals surface area (Å²) < 4.78 is 5.04. The predicted molar refractivity (Wildman–Crippen MR) is 85.0 cm³/mol. The van der Waals surface area contributed by atoms with E-state index >= 15 is 0 Å². The predicted octanol–water partition coefficient (Wildman–Crippen LogP) is 2.48. The molecule has 0 unspecified atom stereocenters. The van der Waals surface area contributed by atoms with Gasteiger partial charge in [-0.2, -0.15) is 0 Å². The van der Waals surface area contributed by atoms with Crippen LogP contribution in [0.4, 0.5) is 4.79 Å². The Kier molecular flexibility index (Phi) is 5.78. The number of carbonyl (C=O) groups excluding carboxylic acids is 2. The van der Waals surface area contributed by atoms with E-state index in [0.29, 0.717) is 11.8 Å². The minimum absolute atomic E-state index is 0.0897. The molecule has 0 aliphatic heterocycles. The molecule has 5 heteroatoms. The van der Waals surface area contributed by atoms with Crippen LogP contribution in [0.1, 0.15) is 21.5 Å². The maximum atomic E-state index is 11.5. The van der Waals surface area contributed by atoms with Crippen molar-refractivity contribution in [3.8, 4) is 17.6 Å². The van der Waals surface area contributed by atoms with Gasteiger partial charge in [0, 0.05) is 5.56 Å².